The summed E-state index contributed by atoms with van der Waals surface area (Å²) in [4.78, 5) is 21.5. The highest BCUT2D eigenvalue weighted by Gasteiger charge is 2.04. The Hall–Kier alpha value is -3.64. The normalized spacial score (nSPS) is 10.5. The highest BCUT2D eigenvalue weighted by Crippen LogP contribution is 2.18. The van der Waals surface area contributed by atoms with Crippen LogP contribution in [0.2, 0.25) is 0 Å². The van der Waals surface area contributed by atoms with Crippen LogP contribution in [-0.2, 0) is 22.6 Å². The number of aromatic nitrogens is 1. The first kappa shape index (κ1) is 20.1. The minimum absolute atomic E-state index is 0.910. The Morgan fingerprint density at radius 2 is 1.55 bits per heavy atom. The second kappa shape index (κ2) is 9.52. The summed E-state index contributed by atoms with van der Waals surface area (Å²) < 4.78 is 0. The van der Waals surface area contributed by atoms with E-state index in [1.54, 1.807) is 0 Å². The highest BCUT2D eigenvalue weighted by molar-refractivity contribution is 6.27. The van der Waals surface area contributed by atoms with Crippen LogP contribution in [0.25, 0.3) is 21.7 Å². The molecule has 0 saturated heterocycles. The van der Waals surface area contributed by atoms with Crippen LogP contribution < -0.4 is 5.32 Å². The van der Waals surface area contributed by atoms with E-state index in [1.807, 2.05) is 0 Å². The number of carbonyl (C=O) groups is 2. The molecule has 0 spiro atoms. The Kier molecular flexibility index (Phi) is 6.60. The van der Waals surface area contributed by atoms with Gasteiger partial charge in [-0.2, -0.15) is 0 Å². The van der Waals surface area contributed by atoms with E-state index in [2.05, 4.69) is 83.2 Å². The van der Waals surface area contributed by atoms with Crippen molar-refractivity contribution in [3.05, 3.63) is 84.1 Å². The van der Waals surface area contributed by atoms with E-state index in [1.165, 1.54) is 32.8 Å². The first-order valence-corrected chi connectivity index (χ1v) is 9.24. The van der Waals surface area contributed by atoms with Gasteiger partial charge in [0.1, 0.15) is 0 Å². The van der Waals surface area contributed by atoms with Crippen LogP contribution >= 0.6 is 0 Å². The minimum Gasteiger partial charge on any atom is -0.473 e. The summed E-state index contributed by atoms with van der Waals surface area (Å²) in [5.41, 5.74) is 3.94. The highest BCUT2D eigenvalue weighted by atomic mass is 16.4. The number of rotatable bonds is 5. The van der Waals surface area contributed by atoms with Crippen molar-refractivity contribution in [1.29, 1.82) is 0 Å². The molecule has 29 heavy (non-hydrogen) atoms. The molecular formula is C23H22N2O4. The van der Waals surface area contributed by atoms with Crippen LogP contribution in [0, 0.1) is 0 Å². The lowest BCUT2D eigenvalue weighted by Crippen LogP contribution is -2.16. The van der Waals surface area contributed by atoms with Gasteiger partial charge in [0.2, 0.25) is 0 Å². The van der Waals surface area contributed by atoms with Gasteiger partial charge >= 0.3 is 11.9 Å². The summed E-state index contributed by atoms with van der Waals surface area (Å²) in [5.74, 6) is -3.65. The molecule has 4 rings (SSSR count). The molecule has 0 aliphatic rings. The van der Waals surface area contributed by atoms with Crippen molar-refractivity contribution in [2.24, 2.45) is 0 Å². The van der Waals surface area contributed by atoms with Crippen molar-refractivity contribution >= 4 is 33.6 Å². The molecule has 0 unspecified atom stereocenters. The topological polar surface area (TPSA) is 102 Å². The molecule has 0 aliphatic carbocycles. The smallest absolute Gasteiger partial charge is 0.414 e. The predicted octanol–water partition coefficient (Wildman–Crippen LogP) is 3.81. The largest absolute Gasteiger partial charge is 0.473 e. The maximum atomic E-state index is 9.10. The lowest BCUT2D eigenvalue weighted by Gasteiger charge is -2.06. The third-order valence-electron chi connectivity index (χ3n) is 4.57. The predicted molar refractivity (Wildman–Crippen MR) is 113 cm³/mol. The molecule has 0 amide bonds. The zero-order valence-corrected chi connectivity index (χ0v) is 15.8. The molecule has 0 saturated carbocycles. The number of carboxylic acids is 2. The lowest BCUT2D eigenvalue weighted by molar-refractivity contribution is -0.159. The van der Waals surface area contributed by atoms with E-state index in [0.29, 0.717) is 0 Å². The van der Waals surface area contributed by atoms with Gasteiger partial charge in [0, 0.05) is 23.6 Å². The van der Waals surface area contributed by atoms with Crippen molar-refractivity contribution in [3.8, 4) is 0 Å². The zero-order valence-electron chi connectivity index (χ0n) is 15.8. The summed E-state index contributed by atoms with van der Waals surface area (Å²) in [6, 6.07) is 23.7. The molecule has 0 radical (unpaired) electrons. The average Bonchev–Trinajstić information content (AvgIpc) is 3.14. The van der Waals surface area contributed by atoms with Crippen molar-refractivity contribution in [1.82, 2.24) is 10.3 Å². The zero-order chi connectivity index (χ0) is 20.6. The van der Waals surface area contributed by atoms with E-state index >= 15 is 0 Å². The SMILES string of the molecule is O=C(O)C(=O)O.c1ccc2cc(CNCCc3c[nH]c4ccccc34)ccc2c1. The number of aromatic amines is 1. The molecule has 1 heterocycles. The van der Waals surface area contributed by atoms with Gasteiger partial charge < -0.3 is 20.5 Å². The Morgan fingerprint density at radius 1 is 0.862 bits per heavy atom. The molecular weight excluding hydrogens is 368 g/mol. The third-order valence-corrected chi connectivity index (χ3v) is 4.57. The van der Waals surface area contributed by atoms with E-state index in [4.69, 9.17) is 19.8 Å². The number of fused-ring (bicyclic) bond motifs is 2. The number of nitrogens with one attached hydrogen (secondary N) is 2. The van der Waals surface area contributed by atoms with Gasteiger partial charge in [0.25, 0.3) is 0 Å². The first-order chi connectivity index (χ1) is 14.0. The van der Waals surface area contributed by atoms with Gasteiger partial charge in [-0.05, 0) is 47.0 Å². The molecule has 4 aromatic rings. The average molecular weight is 390 g/mol. The van der Waals surface area contributed by atoms with Crippen LogP contribution in [0.3, 0.4) is 0 Å². The summed E-state index contributed by atoms with van der Waals surface area (Å²) in [6.07, 6.45) is 3.17. The first-order valence-electron chi connectivity index (χ1n) is 9.24. The Balaban J connectivity index is 0.000000353. The molecule has 148 valence electrons. The summed E-state index contributed by atoms with van der Waals surface area (Å²) in [5, 5.41) is 22.3. The summed E-state index contributed by atoms with van der Waals surface area (Å²) in [6.45, 7) is 1.89. The van der Waals surface area contributed by atoms with Crippen LogP contribution in [0.5, 0.6) is 0 Å². The van der Waals surface area contributed by atoms with Crippen LogP contribution in [0.4, 0.5) is 0 Å². The number of hydrogen-bond donors (Lipinski definition) is 4. The molecule has 0 aliphatic heterocycles. The third kappa shape index (κ3) is 5.43. The second-order valence-electron chi connectivity index (χ2n) is 6.58. The Morgan fingerprint density at radius 3 is 2.31 bits per heavy atom. The van der Waals surface area contributed by atoms with Gasteiger partial charge in [0.15, 0.2) is 0 Å². The maximum Gasteiger partial charge on any atom is 0.414 e. The number of para-hydroxylation sites is 1. The van der Waals surface area contributed by atoms with Crippen molar-refractivity contribution in [3.63, 3.8) is 0 Å². The van der Waals surface area contributed by atoms with E-state index in [-0.39, 0.29) is 0 Å². The van der Waals surface area contributed by atoms with Gasteiger partial charge in [-0.25, -0.2) is 9.59 Å². The molecule has 3 aromatic carbocycles. The molecule has 6 heteroatoms. The molecule has 0 atom stereocenters. The van der Waals surface area contributed by atoms with Crippen molar-refractivity contribution in [2.75, 3.05) is 6.54 Å². The molecule has 0 bridgehead atoms. The molecule has 1 aromatic heterocycles. The standard InChI is InChI=1S/C21H20N2.C2H2O4/c1-2-6-18-13-16(9-10-17(18)5-1)14-22-12-11-19-15-23-21-8-4-3-7-20(19)21;3-1(4)2(5)6/h1-10,13,15,22-23H,11-12,14H2;(H,3,4)(H,5,6). The van der Waals surface area contributed by atoms with E-state index in [9.17, 15) is 0 Å². The number of H-pyrrole nitrogens is 1. The molecule has 4 N–H and O–H groups in total. The number of aliphatic carboxylic acids is 2. The van der Waals surface area contributed by atoms with Gasteiger partial charge in [-0.3, -0.25) is 0 Å². The fraction of sp³-hybridized carbons (Fsp3) is 0.130. The fourth-order valence-corrected chi connectivity index (χ4v) is 3.14. The second-order valence-corrected chi connectivity index (χ2v) is 6.58. The van der Waals surface area contributed by atoms with Gasteiger partial charge in [-0.15, -0.1) is 0 Å². The monoisotopic (exact) mass is 390 g/mol. The number of benzene rings is 3. The van der Waals surface area contributed by atoms with Crippen molar-refractivity contribution in [2.45, 2.75) is 13.0 Å². The lowest BCUT2D eigenvalue weighted by atomic mass is 10.1. The Bertz CT molecular complexity index is 1120. The number of hydrogen-bond acceptors (Lipinski definition) is 3. The fourth-order valence-electron chi connectivity index (χ4n) is 3.14. The van der Waals surface area contributed by atoms with Gasteiger partial charge in [-0.1, -0.05) is 54.6 Å². The minimum atomic E-state index is -1.82. The van der Waals surface area contributed by atoms with E-state index < -0.39 is 11.9 Å². The van der Waals surface area contributed by atoms with E-state index in [0.717, 1.165) is 19.5 Å². The molecule has 6 nitrogen and oxygen atoms in total. The maximum absolute atomic E-state index is 9.10. The van der Waals surface area contributed by atoms with Crippen LogP contribution in [0.15, 0.2) is 72.9 Å². The summed E-state index contributed by atoms with van der Waals surface area (Å²) >= 11 is 0. The van der Waals surface area contributed by atoms with Crippen molar-refractivity contribution < 1.29 is 19.8 Å². The number of carboxylic acid groups (broad SMARTS) is 2. The summed E-state index contributed by atoms with van der Waals surface area (Å²) in [7, 11) is 0. The molecule has 0 fully saturated rings. The van der Waals surface area contributed by atoms with Crippen LogP contribution in [-0.4, -0.2) is 33.7 Å². The van der Waals surface area contributed by atoms with Crippen LogP contribution in [0.1, 0.15) is 11.1 Å². The van der Waals surface area contributed by atoms with Gasteiger partial charge in [0.05, 0.1) is 0 Å². The Labute approximate surface area is 167 Å². The quantitative estimate of drug-likeness (QED) is 0.307.